The zero-order chi connectivity index (χ0) is 12.4. The number of phenols is 1. The third kappa shape index (κ3) is 2.38. The zero-order valence-corrected chi connectivity index (χ0v) is 9.51. The van der Waals surface area contributed by atoms with Crippen molar-refractivity contribution in [2.75, 3.05) is 11.9 Å². The molecule has 0 spiro atoms. The van der Waals surface area contributed by atoms with Crippen molar-refractivity contribution in [2.45, 2.75) is 18.9 Å². The summed E-state index contributed by atoms with van der Waals surface area (Å²) >= 11 is 0. The van der Waals surface area contributed by atoms with Gasteiger partial charge in [-0.1, -0.05) is 6.07 Å². The maximum Gasteiger partial charge on any atom is 0.249 e. The Morgan fingerprint density at radius 2 is 2.29 bits per heavy atom. The molecule has 1 atom stereocenters. The molecular formula is C12H14N2O3. The van der Waals surface area contributed by atoms with Crippen LogP contribution in [0.5, 0.6) is 5.75 Å². The highest BCUT2D eigenvalue weighted by Crippen LogP contribution is 2.20. The number of carbonyl (C=O) groups is 2. The summed E-state index contributed by atoms with van der Waals surface area (Å²) in [5.41, 5.74) is 0.608. The van der Waals surface area contributed by atoms with Crippen molar-refractivity contribution >= 4 is 17.5 Å². The van der Waals surface area contributed by atoms with E-state index < -0.39 is 6.04 Å². The summed E-state index contributed by atoms with van der Waals surface area (Å²) in [5.74, 6) is -0.147. The second-order valence-electron chi connectivity index (χ2n) is 4.08. The smallest absolute Gasteiger partial charge is 0.249 e. The molecule has 1 heterocycles. The average Bonchev–Trinajstić information content (AvgIpc) is 2.74. The van der Waals surface area contributed by atoms with E-state index in [9.17, 15) is 14.7 Å². The lowest BCUT2D eigenvalue weighted by Crippen LogP contribution is -2.42. The molecule has 0 saturated carbocycles. The largest absolute Gasteiger partial charge is 0.508 e. The molecule has 0 radical (unpaired) electrons. The van der Waals surface area contributed by atoms with Gasteiger partial charge in [0, 0.05) is 25.2 Å². The number of amides is 2. The van der Waals surface area contributed by atoms with Crippen molar-refractivity contribution < 1.29 is 14.7 Å². The second kappa shape index (κ2) is 4.45. The Kier molecular flexibility index (Phi) is 2.99. The molecule has 1 aromatic carbocycles. The quantitative estimate of drug-likeness (QED) is 0.788. The fourth-order valence-electron chi connectivity index (χ4n) is 1.86. The Morgan fingerprint density at radius 3 is 2.88 bits per heavy atom. The van der Waals surface area contributed by atoms with Crippen LogP contribution in [0.4, 0.5) is 5.69 Å². The third-order valence-electron chi connectivity index (χ3n) is 2.84. The molecule has 2 amide bonds. The fourth-order valence-corrected chi connectivity index (χ4v) is 1.86. The monoisotopic (exact) mass is 234 g/mol. The van der Waals surface area contributed by atoms with E-state index in [4.69, 9.17) is 0 Å². The van der Waals surface area contributed by atoms with Crippen molar-refractivity contribution in [2.24, 2.45) is 0 Å². The molecule has 5 nitrogen and oxygen atoms in total. The first-order valence-electron chi connectivity index (χ1n) is 5.44. The molecule has 1 aliphatic rings. The normalized spacial score (nSPS) is 18.9. The van der Waals surface area contributed by atoms with Gasteiger partial charge < -0.3 is 15.3 Å². The minimum atomic E-state index is -0.449. The number of nitrogens with zero attached hydrogens (tertiary/aromatic N) is 1. The second-order valence-corrected chi connectivity index (χ2v) is 4.08. The number of aromatic hydroxyl groups is 1. The van der Waals surface area contributed by atoms with Gasteiger partial charge in [-0.25, -0.2) is 0 Å². The van der Waals surface area contributed by atoms with Gasteiger partial charge in [-0.3, -0.25) is 9.59 Å². The van der Waals surface area contributed by atoms with Gasteiger partial charge in [0.2, 0.25) is 11.8 Å². The summed E-state index contributed by atoms with van der Waals surface area (Å²) < 4.78 is 0. The lowest BCUT2D eigenvalue weighted by atomic mass is 10.2. The van der Waals surface area contributed by atoms with E-state index >= 15 is 0 Å². The van der Waals surface area contributed by atoms with Gasteiger partial charge in [0.25, 0.3) is 0 Å². The lowest BCUT2D eigenvalue weighted by molar-refractivity contribution is -0.123. The van der Waals surface area contributed by atoms with E-state index in [2.05, 4.69) is 5.32 Å². The lowest BCUT2D eigenvalue weighted by Gasteiger charge is -2.21. The van der Waals surface area contributed by atoms with Crippen molar-refractivity contribution in [3.63, 3.8) is 0 Å². The molecule has 90 valence electrons. The van der Waals surface area contributed by atoms with Crippen LogP contribution in [0.1, 0.15) is 12.8 Å². The summed E-state index contributed by atoms with van der Waals surface area (Å²) in [7, 11) is 1.63. The SMILES string of the molecule is CN(C(=O)C1CCC(=O)N1)c1cccc(O)c1. The number of benzene rings is 1. The minimum Gasteiger partial charge on any atom is -0.508 e. The molecule has 0 bridgehead atoms. The Hall–Kier alpha value is -2.04. The fraction of sp³-hybridized carbons (Fsp3) is 0.333. The number of likely N-dealkylation sites (N-methyl/N-ethyl adjacent to an activating group) is 1. The highest BCUT2D eigenvalue weighted by atomic mass is 16.3. The molecule has 2 rings (SSSR count). The van der Waals surface area contributed by atoms with E-state index in [1.165, 1.54) is 11.0 Å². The number of phenolic OH excluding ortho intramolecular Hbond substituents is 1. The number of hydrogen-bond donors (Lipinski definition) is 2. The van der Waals surface area contributed by atoms with Gasteiger partial charge in [0.05, 0.1) is 0 Å². The summed E-state index contributed by atoms with van der Waals surface area (Å²) in [5, 5.41) is 12.0. The minimum absolute atomic E-state index is 0.0901. The predicted molar refractivity (Wildman–Crippen MR) is 62.7 cm³/mol. The zero-order valence-electron chi connectivity index (χ0n) is 9.51. The predicted octanol–water partition coefficient (Wildman–Crippen LogP) is 0.634. The molecule has 17 heavy (non-hydrogen) atoms. The number of carbonyl (C=O) groups excluding carboxylic acids is 2. The Morgan fingerprint density at radius 1 is 1.53 bits per heavy atom. The van der Waals surface area contributed by atoms with Crippen molar-refractivity contribution in [3.05, 3.63) is 24.3 Å². The van der Waals surface area contributed by atoms with Crippen LogP contribution in [0.2, 0.25) is 0 Å². The Balaban J connectivity index is 2.12. The van der Waals surface area contributed by atoms with Crippen LogP contribution in [0.3, 0.4) is 0 Å². The molecule has 1 fully saturated rings. The van der Waals surface area contributed by atoms with Gasteiger partial charge in [-0.2, -0.15) is 0 Å². The van der Waals surface area contributed by atoms with Crippen molar-refractivity contribution in [1.29, 1.82) is 0 Å². The highest BCUT2D eigenvalue weighted by molar-refractivity contribution is 6.00. The summed E-state index contributed by atoms with van der Waals surface area (Å²) in [6.07, 6.45) is 0.922. The topological polar surface area (TPSA) is 69.6 Å². The van der Waals surface area contributed by atoms with E-state index in [1.807, 2.05) is 0 Å². The number of hydrogen-bond acceptors (Lipinski definition) is 3. The first-order chi connectivity index (χ1) is 8.08. The summed E-state index contributed by atoms with van der Waals surface area (Å²) in [6.45, 7) is 0. The first-order valence-corrected chi connectivity index (χ1v) is 5.44. The molecule has 1 unspecified atom stereocenters. The maximum absolute atomic E-state index is 12.0. The molecule has 2 N–H and O–H groups in total. The van der Waals surface area contributed by atoms with Crippen LogP contribution < -0.4 is 10.2 Å². The van der Waals surface area contributed by atoms with Crippen LogP contribution in [0.15, 0.2) is 24.3 Å². The molecular weight excluding hydrogens is 220 g/mol. The molecule has 0 aliphatic carbocycles. The van der Waals surface area contributed by atoms with Crippen LogP contribution in [0.25, 0.3) is 0 Å². The molecule has 1 saturated heterocycles. The van der Waals surface area contributed by atoms with E-state index in [1.54, 1.807) is 25.2 Å². The Bertz CT molecular complexity index is 459. The average molecular weight is 234 g/mol. The summed E-state index contributed by atoms with van der Waals surface area (Å²) in [6, 6.07) is 6.00. The van der Waals surface area contributed by atoms with E-state index in [0.29, 0.717) is 18.5 Å². The van der Waals surface area contributed by atoms with Crippen LogP contribution in [0, 0.1) is 0 Å². The molecule has 1 aliphatic heterocycles. The number of anilines is 1. The summed E-state index contributed by atoms with van der Waals surface area (Å²) in [4.78, 5) is 24.5. The van der Waals surface area contributed by atoms with Crippen molar-refractivity contribution in [3.8, 4) is 5.75 Å². The van der Waals surface area contributed by atoms with Crippen LogP contribution in [-0.2, 0) is 9.59 Å². The Labute approximate surface area is 99.0 Å². The van der Waals surface area contributed by atoms with Gasteiger partial charge in [0.15, 0.2) is 0 Å². The number of rotatable bonds is 2. The molecule has 1 aromatic rings. The maximum atomic E-state index is 12.0. The standard InChI is InChI=1S/C12H14N2O3/c1-14(8-3-2-4-9(15)7-8)12(17)10-5-6-11(16)13-10/h2-4,7,10,15H,5-6H2,1H3,(H,13,16). The van der Waals surface area contributed by atoms with Gasteiger partial charge in [-0.15, -0.1) is 0 Å². The number of nitrogens with one attached hydrogen (secondary N) is 1. The van der Waals surface area contributed by atoms with E-state index in [0.717, 1.165) is 0 Å². The van der Waals surface area contributed by atoms with Crippen LogP contribution >= 0.6 is 0 Å². The highest BCUT2D eigenvalue weighted by Gasteiger charge is 2.29. The van der Waals surface area contributed by atoms with E-state index in [-0.39, 0.29) is 17.6 Å². The van der Waals surface area contributed by atoms with Crippen molar-refractivity contribution in [1.82, 2.24) is 5.32 Å². The van der Waals surface area contributed by atoms with Gasteiger partial charge >= 0.3 is 0 Å². The third-order valence-corrected chi connectivity index (χ3v) is 2.84. The molecule has 0 aromatic heterocycles. The van der Waals surface area contributed by atoms with Gasteiger partial charge in [-0.05, 0) is 18.6 Å². The van der Waals surface area contributed by atoms with Crippen LogP contribution in [-0.4, -0.2) is 30.0 Å². The molecule has 5 heteroatoms. The first kappa shape index (κ1) is 11.4. The van der Waals surface area contributed by atoms with Gasteiger partial charge in [0.1, 0.15) is 11.8 Å².